The van der Waals surface area contributed by atoms with Crippen molar-refractivity contribution in [3.05, 3.63) is 23.8 Å². The van der Waals surface area contributed by atoms with Gasteiger partial charge in [0.15, 0.2) is 0 Å². The molecule has 2 N–H and O–H groups in total. The maximum absolute atomic E-state index is 10.7. The van der Waals surface area contributed by atoms with Crippen LogP contribution in [0.3, 0.4) is 0 Å². The summed E-state index contributed by atoms with van der Waals surface area (Å²) in [5.41, 5.74) is 0.787. The van der Waals surface area contributed by atoms with E-state index in [0.29, 0.717) is 11.4 Å². The van der Waals surface area contributed by atoms with Gasteiger partial charge in [-0.15, -0.1) is 0 Å². The van der Waals surface area contributed by atoms with Crippen molar-refractivity contribution < 1.29 is 14.6 Å². The van der Waals surface area contributed by atoms with Crippen LogP contribution >= 0.6 is 0 Å². The number of carboxylic acids is 1. The lowest BCUT2D eigenvalue weighted by atomic mass is 10.1. The lowest BCUT2D eigenvalue weighted by Crippen LogP contribution is -2.02. The first-order valence-electron chi connectivity index (χ1n) is 3.78. The topological polar surface area (TPSA) is 58.6 Å². The van der Waals surface area contributed by atoms with Gasteiger partial charge in [0.2, 0.25) is 0 Å². The van der Waals surface area contributed by atoms with E-state index in [0.717, 1.165) is 0 Å². The van der Waals surface area contributed by atoms with Crippen molar-refractivity contribution in [2.24, 2.45) is 0 Å². The van der Waals surface area contributed by atoms with Gasteiger partial charge in [0.1, 0.15) is 5.75 Å². The van der Waals surface area contributed by atoms with Gasteiger partial charge in [0.05, 0.1) is 18.4 Å². The van der Waals surface area contributed by atoms with E-state index in [1.165, 1.54) is 13.2 Å². The third-order valence-corrected chi connectivity index (χ3v) is 1.73. The van der Waals surface area contributed by atoms with Crippen LogP contribution in [0.5, 0.6) is 5.75 Å². The molecule has 0 saturated heterocycles. The van der Waals surface area contributed by atoms with Gasteiger partial charge < -0.3 is 15.2 Å². The number of ether oxygens (including phenoxy) is 1. The van der Waals surface area contributed by atoms with E-state index < -0.39 is 5.97 Å². The van der Waals surface area contributed by atoms with Crippen LogP contribution in [0.15, 0.2) is 18.2 Å². The summed E-state index contributed by atoms with van der Waals surface area (Å²) < 4.78 is 4.96. The summed E-state index contributed by atoms with van der Waals surface area (Å²) in [6.07, 6.45) is 0. The van der Waals surface area contributed by atoms with Crippen LogP contribution < -0.4 is 10.1 Å². The molecule has 0 saturated carbocycles. The molecule has 0 heterocycles. The van der Waals surface area contributed by atoms with Crippen molar-refractivity contribution in [2.45, 2.75) is 0 Å². The van der Waals surface area contributed by atoms with Gasteiger partial charge in [-0.1, -0.05) is 0 Å². The van der Waals surface area contributed by atoms with Gasteiger partial charge in [-0.3, -0.25) is 0 Å². The number of aromatic carboxylic acids is 1. The molecule has 0 amide bonds. The highest BCUT2D eigenvalue weighted by Crippen LogP contribution is 2.21. The molecule has 4 heteroatoms. The Bertz CT molecular complexity index is 323. The van der Waals surface area contributed by atoms with Crippen LogP contribution in [0, 0.1) is 0 Å². The third-order valence-electron chi connectivity index (χ3n) is 1.73. The normalized spacial score (nSPS) is 9.38. The maximum Gasteiger partial charge on any atom is 0.337 e. The van der Waals surface area contributed by atoms with Crippen molar-refractivity contribution in [3.8, 4) is 5.75 Å². The second kappa shape index (κ2) is 3.80. The van der Waals surface area contributed by atoms with E-state index in [1.54, 1.807) is 19.2 Å². The molecule has 0 aliphatic heterocycles. The maximum atomic E-state index is 10.7. The number of carbonyl (C=O) groups is 1. The Labute approximate surface area is 76.1 Å². The molecule has 1 aromatic rings. The average Bonchev–Trinajstić information content (AvgIpc) is 2.16. The quantitative estimate of drug-likeness (QED) is 0.740. The Kier molecular flexibility index (Phi) is 2.74. The van der Waals surface area contributed by atoms with Crippen LogP contribution in [-0.4, -0.2) is 25.2 Å². The molecule has 1 aromatic carbocycles. The largest absolute Gasteiger partial charge is 0.497 e. The Morgan fingerprint density at radius 1 is 1.54 bits per heavy atom. The lowest BCUT2D eigenvalue weighted by Gasteiger charge is -2.07. The third kappa shape index (κ3) is 1.90. The van der Waals surface area contributed by atoms with Gasteiger partial charge in [0.25, 0.3) is 0 Å². The van der Waals surface area contributed by atoms with Crippen LogP contribution in [0.25, 0.3) is 0 Å². The predicted octanol–water partition coefficient (Wildman–Crippen LogP) is 1.44. The van der Waals surface area contributed by atoms with Gasteiger partial charge in [-0.05, 0) is 12.1 Å². The highest BCUT2D eigenvalue weighted by atomic mass is 16.5. The molecule has 13 heavy (non-hydrogen) atoms. The van der Waals surface area contributed by atoms with Crippen molar-refractivity contribution in [2.75, 3.05) is 19.5 Å². The number of anilines is 1. The second-order valence-electron chi connectivity index (χ2n) is 2.47. The molecule has 0 radical (unpaired) electrons. The molecule has 0 fully saturated rings. The fourth-order valence-corrected chi connectivity index (χ4v) is 1.04. The minimum absolute atomic E-state index is 0.239. The summed E-state index contributed by atoms with van der Waals surface area (Å²) in [5.74, 6) is -0.318. The molecular weight excluding hydrogens is 170 g/mol. The molecule has 0 aromatic heterocycles. The average molecular weight is 181 g/mol. The highest BCUT2D eigenvalue weighted by Gasteiger charge is 2.09. The van der Waals surface area contributed by atoms with E-state index in [1.807, 2.05) is 0 Å². The SMILES string of the molecule is CNc1cc(OC)ccc1C(=O)O. The Hall–Kier alpha value is -1.71. The molecule has 0 atom stereocenters. The summed E-state index contributed by atoms with van der Waals surface area (Å²) in [4.78, 5) is 10.7. The lowest BCUT2D eigenvalue weighted by molar-refractivity contribution is 0.0698. The van der Waals surface area contributed by atoms with Crippen LogP contribution in [-0.2, 0) is 0 Å². The monoisotopic (exact) mass is 181 g/mol. The predicted molar refractivity (Wildman–Crippen MR) is 49.5 cm³/mol. The first kappa shape index (κ1) is 9.38. The number of hydrogen-bond donors (Lipinski definition) is 2. The molecule has 1 rings (SSSR count). The van der Waals surface area contributed by atoms with Gasteiger partial charge in [0, 0.05) is 13.1 Å². The summed E-state index contributed by atoms with van der Waals surface area (Å²) in [7, 11) is 3.20. The number of nitrogens with one attached hydrogen (secondary N) is 1. The fourth-order valence-electron chi connectivity index (χ4n) is 1.04. The van der Waals surface area contributed by atoms with Crippen molar-refractivity contribution in [1.82, 2.24) is 0 Å². The molecule has 0 bridgehead atoms. The summed E-state index contributed by atoms with van der Waals surface area (Å²) in [5, 5.41) is 11.6. The van der Waals surface area contributed by atoms with E-state index in [9.17, 15) is 4.79 Å². The summed E-state index contributed by atoms with van der Waals surface area (Å²) >= 11 is 0. The Balaban J connectivity index is 3.15. The zero-order chi connectivity index (χ0) is 9.84. The van der Waals surface area contributed by atoms with E-state index in [2.05, 4.69) is 5.32 Å². The van der Waals surface area contributed by atoms with E-state index >= 15 is 0 Å². The van der Waals surface area contributed by atoms with Gasteiger partial charge >= 0.3 is 5.97 Å². The van der Waals surface area contributed by atoms with Crippen molar-refractivity contribution in [1.29, 1.82) is 0 Å². The summed E-state index contributed by atoms with van der Waals surface area (Å²) in [6.45, 7) is 0. The second-order valence-corrected chi connectivity index (χ2v) is 2.47. The molecule has 70 valence electrons. The smallest absolute Gasteiger partial charge is 0.337 e. The van der Waals surface area contributed by atoms with E-state index in [4.69, 9.17) is 9.84 Å². The molecule has 0 aliphatic rings. The molecule has 0 unspecified atom stereocenters. The number of benzene rings is 1. The zero-order valence-corrected chi connectivity index (χ0v) is 7.50. The van der Waals surface area contributed by atoms with Gasteiger partial charge in [-0.25, -0.2) is 4.79 Å². The Morgan fingerprint density at radius 3 is 2.69 bits per heavy atom. The highest BCUT2D eigenvalue weighted by molar-refractivity contribution is 5.94. The van der Waals surface area contributed by atoms with Gasteiger partial charge in [-0.2, -0.15) is 0 Å². The molecule has 0 spiro atoms. The van der Waals surface area contributed by atoms with Crippen molar-refractivity contribution in [3.63, 3.8) is 0 Å². The first-order valence-corrected chi connectivity index (χ1v) is 3.78. The number of methoxy groups -OCH3 is 1. The fraction of sp³-hybridized carbons (Fsp3) is 0.222. The van der Waals surface area contributed by atoms with Crippen molar-refractivity contribution >= 4 is 11.7 Å². The molecular formula is C9H11NO3. The standard InChI is InChI=1S/C9H11NO3/c1-10-8-5-6(13-2)3-4-7(8)9(11)12/h3-5,10H,1-2H3,(H,11,12). The first-order chi connectivity index (χ1) is 6.19. The van der Waals surface area contributed by atoms with Crippen LogP contribution in [0.2, 0.25) is 0 Å². The number of hydrogen-bond acceptors (Lipinski definition) is 3. The van der Waals surface area contributed by atoms with Crippen LogP contribution in [0.4, 0.5) is 5.69 Å². The Morgan fingerprint density at radius 2 is 2.23 bits per heavy atom. The minimum atomic E-state index is -0.952. The van der Waals surface area contributed by atoms with Crippen LogP contribution in [0.1, 0.15) is 10.4 Å². The zero-order valence-electron chi connectivity index (χ0n) is 7.50. The number of carboxylic acid groups (broad SMARTS) is 1. The molecule has 4 nitrogen and oxygen atoms in total. The van der Waals surface area contributed by atoms with E-state index in [-0.39, 0.29) is 5.56 Å². The summed E-state index contributed by atoms with van der Waals surface area (Å²) in [6, 6.07) is 4.76. The molecule has 0 aliphatic carbocycles. The number of rotatable bonds is 3. The minimum Gasteiger partial charge on any atom is -0.497 e.